The average Bonchev–Trinajstić information content (AvgIpc) is 2.73. The van der Waals surface area contributed by atoms with E-state index in [4.69, 9.17) is 0 Å². The monoisotopic (exact) mass is 324 g/mol. The van der Waals surface area contributed by atoms with Gasteiger partial charge in [0, 0.05) is 31.7 Å². The predicted molar refractivity (Wildman–Crippen MR) is 65.9 cm³/mol. The number of fused-ring (bicyclic) bond motifs is 1. The van der Waals surface area contributed by atoms with Crippen LogP contribution in [0.25, 0.3) is 0 Å². The minimum Gasteiger partial charge on any atom is -0.395 e. The Morgan fingerprint density at radius 3 is 2.45 bits per heavy atom. The quantitative estimate of drug-likeness (QED) is 0.848. The van der Waals surface area contributed by atoms with Gasteiger partial charge in [0.05, 0.1) is 0 Å². The van der Waals surface area contributed by atoms with Gasteiger partial charge in [-0.3, -0.25) is 4.90 Å². The number of hydrogen-bond donors (Lipinski definition) is 1. The van der Waals surface area contributed by atoms with E-state index in [1.807, 2.05) is 0 Å². The molecule has 0 aromatic heterocycles. The molecule has 0 aliphatic carbocycles. The van der Waals surface area contributed by atoms with Crippen LogP contribution in [0.5, 0.6) is 11.5 Å². The van der Waals surface area contributed by atoms with E-state index in [9.17, 15) is 22.0 Å². The third-order valence-electron chi connectivity index (χ3n) is 3.58. The van der Waals surface area contributed by atoms with E-state index in [0.717, 1.165) is 12.1 Å². The van der Waals surface area contributed by atoms with Crippen molar-refractivity contribution in [1.82, 2.24) is 10.2 Å². The van der Waals surface area contributed by atoms with Crippen molar-refractivity contribution in [3.63, 3.8) is 0 Å². The predicted octanol–water partition coefficient (Wildman–Crippen LogP) is 2.52. The first-order valence-corrected chi connectivity index (χ1v) is 6.68. The van der Waals surface area contributed by atoms with Gasteiger partial charge >= 0.3 is 12.5 Å². The first-order chi connectivity index (χ1) is 10.3. The third kappa shape index (κ3) is 2.82. The average molecular weight is 324 g/mol. The lowest BCUT2D eigenvalue weighted by atomic mass is 10.0. The molecule has 1 fully saturated rings. The maximum atomic E-state index is 13.5. The van der Waals surface area contributed by atoms with Crippen molar-refractivity contribution in [3.8, 4) is 11.5 Å². The Morgan fingerprint density at radius 2 is 1.82 bits per heavy atom. The zero-order valence-electron chi connectivity index (χ0n) is 11.3. The molecule has 0 bridgehead atoms. The summed E-state index contributed by atoms with van der Waals surface area (Å²) in [7, 11) is 0. The van der Waals surface area contributed by atoms with E-state index in [1.165, 1.54) is 11.0 Å². The molecule has 0 radical (unpaired) electrons. The van der Waals surface area contributed by atoms with Crippen LogP contribution in [0.4, 0.5) is 22.0 Å². The summed E-state index contributed by atoms with van der Waals surface area (Å²) in [5, 5.41) is 2.95. The number of ether oxygens (including phenoxy) is 2. The van der Waals surface area contributed by atoms with Crippen LogP contribution >= 0.6 is 0 Å². The summed E-state index contributed by atoms with van der Waals surface area (Å²) < 4.78 is 75.4. The largest absolute Gasteiger partial charge is 0.586 e. The highest BCUT2D eigenvalue weighted by molar-refractivity contribution is 5.50. The van der Waals surface area contributed by atoms with Crippen molar-refractivity contribution in [3.05, 3.63) is 23.8 Å². The molecule has 0 amide bonds. The maximum Gasteiger partial charge on any atom is 0.586 e. The van der Waals surface area contributed by atoms with Gasteiger partial charge in [0.15, 0.2) is 11.5 Å². The van der Waals surface area contributed by atoms with E-state index < -0.39 is 24.3 Å². The molecule has 1 atom stereocenters. The van der Waals surface area contributed by atoms with Crippen molar-refractivity contribution < 1.29 is 31.4 Å². The first-order valence-electron chi connectivity index (χ1n) is 6.68. The molecule has 2 heterocycles. The first kappa shape index (κ1) is 15.3. The summed E-state index contributed by atoms with van der Waals surface area (Å²) in [4.78, 5) is 1.20. The summed E-state index contributed by atoms with van der Waals surface area (Å²) in [6, 6.07) is 1.54. The number of para-hydroxylation sites is 1. The van der Waals surface area contributed by atoms with Crippen molar-refractivity contribution in [2.24, 2.45) is 0 Å². The highest BCUT2D eigenvalue weighted by atomic mass is 19.4. The molecule has 22 heavy (non-hydrogen) atoms. The maximum absolute atomic E-state index is 13.5. The number of alkyl halides is 5. The van der Waals surface area contributed by atoms with Gasteiger partial charge in [0.1, 0.15) is 6.04 Å². The topological polar surface area (TPSA) is 33.7 Å². The standard InChI is InChI=1S/C13H13F5N2O2/c14-12(15,16)11(20-6-4-19-5-7-20)8-2-1-3-9-10(8)22-13(17,18)21-9/h1-3,11,19H,4-7H2/t11-/m1/s1. The van der Waals surface area contributed by atoms with Crippen LogP contribution in [0.2, 0.25) is 0 Å². The second kappa shape index (κ2) is 5.24. The van der Waals surface area contributed by atoms with Gasteiger partial charge in [-0.15, -0.1) is 8.78 Å². The van der Waals surface area contributed by atoms with E-state index in [0.29, 0.717) is 13.1 Å². The molecule has 0 spiro atoms. The fraction of sp³-hybridized carbons (Fsp3) is 0.538. The number of hydrogen-bond acceptors (Lipinski definition) is 4. The molecule has 0 saturated carbocycles. The molecule has 2 aliphatic rings. The van der Waals surface area contributed by atoms with E-state index >= 15 is 0 Å². The van der Waals surface area contributed by atoms with Crippen LogP contribution < -0.4 is 14.8 Å². The van der Waals surface area contributed by atoms with Gasteiger partial charge in [0.2, 0.25) is 0 Å². The smallest absolute Gasteiger partial charge is 0.395 e. The fourth-order valence-corrected chi connectivity index (χ4v) is 2.73. The molecule has 1 N–H and O–H groups in total. The molecule has 9 heteroatoms. The molecular weight excluding hydrogens is 311 g/mol. The normalized spacial score (nSPS) is 22.6. The lowest BCUT2D eigenvalue weighted by molar-refractivity contribution is -0.287. The summed E-state index contributed by atoms with van der Waals surface area (Å²) in [6.45, 7) is 1.11. The molecule has 0 unspecified atom stereocenters. The van der Waals surface area contributed by atoms with Gasteiger partial charge in [-0.25, -0.2) is 0 Å². The zero-order valence-corrected chi connectivity index (χ0v) is 11.3. The van der Waals surface area contributed by atoms with Crippen LogP contribution in [-0.4, -0.2) is 43.5 Å². The number of nitrogens with one attached hydrogen (secondary N) is 1. The molecular formula is C13H13F5N2O2. The minimum absolute atomic E-state index is 0.158. The highest BCUT2D eigenvalue weighted by Gasteiger charge is 2.51. The van der Waals surface area contributed by atoms with Gasteiger partial charge in [0.25, 0.3) is 0 Å². The molecule has 1 aromatic rings. The summed E-state index contributed by atoms with van der Waals surface area (Å²) in [6.07, 6.45) is -8.56. The lowest BCUT2D eigenvalue weighted by Gasteiger charge is -2.36. The molecule has 1 aromatic carbocycles. The Labute approximate surface area is 122 Å². The van der Waals surface area contributed by atoms with E-state index in [1.54, 1.807) is 0 Å². The van der Waals surface area contributed by atoms with Crippen LogP contribution in [0.3, 0.4) is 0 Å². The van der Waals surface area contributed by atoms with Crippen molar-refractivity contribution in [2.75, 3.05) is 26.2 Å². The summed E-state index contributed by atoms with van der Waals surface area (Å²) >= 11 is 0. The Morgan fingerprint density at radius 1 is 1.14 bits per heavy atom. The zero-order chi connectivity index (χ0) is 16.0. The van der Waals surface area contributed by atoms with Gasteiger partial charge in [-0.2, -0.15) is 13.2 Å². The second-order valence-corrected chi connectivity index (χ2v) is 5.07. The van der Waals surface area contributed by atoms with Crippen molar-refractivity contribution in [2.45, 2.75) is 18.5 Å². The molecule has 3 rings (SSSR count). The second-order valence-electron chi connectivity index (χ2n) is 5.07. The van der Waals surface area contributed by atoms with Crippen LogP contribution in [0.15, 0.2) is 18.2 Å². The fourth-order valence-electron chi connectivity index (χ4n) is 2.73. The lowest BCUT2D eigenvalue weighted by Crippen LogP contribution is -2.49. The third-order valence-corrected chi connectivity index (χ3v) is 3.58. The molecule has 4 nitrogen and oxygen atoms in total. The van der Waals surface area contributed by atoms with Crippen LogP contribution in [-0.2, 0) is 0 Å². The van der Waals surface area contributed by atoms with Crippen molar-refractivity contribution >= 4 is 0 Å². The van der Waals surface area contributed by atoms with E-state index in [2.05, 4.69) is 14.8 Å². The SMILES string of the molecule is FC1(F)Oc2cccc([C@@H](N3CCNCC3)C(F)(F)F)c2O1. The van der Waals surface area contributed by atoms with Gasteiger partial charge in [-0.05, 0) is 6.07 Å². The Kier molecular flexibility index (Phi) is 3.64. The highest BCUT2D eigenvalue weighted by Crippen LogP contribution is 2.49. The van der Waals surface area contributed by atoms with Crippen molar-refractivity contribution in [1.29, 1.82) is 0 Å². The van der Waals surface area contributed by atoms with Gasteiger partial charge < -0.3 is 14.8 Å². The number of halogens is 5. The molecule has 1 saturated heterocycles. The Balaban J connectivity index is 2.01. The number of benzene rings is 1. The van der Waals surface area contributed by atoms with Crippen LogP contribution in [0, 0.1) is 0 Å². The molecule has 122 valence electrons. The summed E-state index contributed by atoms with van der Waals surface area (Å²) in [5.41, 5.74) is -0.357. The Hall–Kier alpha value is -1.61. The number of piperazine rings is 1. The van der Waals surface area contributed by atoms with E-state index in [-0.39, 0.29) is 24.4 Å². The van der Waals surface area contributed by atoms with Crippen LogP contribution in [0.1, 0.15) is 11.6 Å². The Bertz CT molecular complexity index is 558. The molecule has 2 aliphatic heterocycles. The van der Waals surface area contributed by atoms with Gasteiger partial charge in [-0.1, -0.05) is 12.1 Å². The minimum atomic E-state index is -4.62. The number of nitrogens with zero attached hydrogens (tertiary/aromatic N) is 1. The summed E-state index contributed by atoms with van der Waals surface area (Å²) in [5.74, 6) is -0.930. The number of rotatable bonds is 2.